The van der Waals surface area contributed by atoms with Crippen molar-refractivity contribution in [2.75, 3.05) is 5.32 Å². The van der Waals surface area contributed by atoms with Gasteiger partial charge >= 0.3 is 0 Å². The lowest BCUT2D eigenvalue weighted by molar-refractivity contribution is 0.456. The summed E-state index contributed by atoms with van der Waals surface area (Å²) in [5.41, 5.74) is 2.16. The van der Waals surface area contributed by atoms with E-state index < -0.39 is 0 Å². The molecule has 3 fully saturated rings. The Labute approximate surface area is 112 Å². The minimum absolute atomic E-state index is 0.681. The van der Waals surface area contributed by atoms with Crippen molar-refractivity contribution < 1.29 is 0 Å². The predicted molar refractivity (Wildman–Crippen MR) is 72.9 cm³/mol. The molecule has 0 amide bonds. The van der Waals surface area contributed by atoms with Gasteiger partial charge in [-0.1, -0.05) is 0 Å². The van der Waals surface area contributed by atoms with E-state index in [0.29, 0.717) is 6.04 Å². The molecule has 3 aliphatic carbocycles. The molecule has 4 nitrogen and oxygen atoms in total. The number of aryl methyl sites for hydroxylation is 1. The van der Waals surface area contributed by atoms with E-state index in [1.165, 1.54) is 19.3 Å². The summed E-state index contributed by atoms with van der Waals surface area (Å²) in [5.74, 6) is 4.88. The topological polar surface area (TPSA) is 42.2 Å². The van der Waals surface area contributed by atoms with Crippen LogP contribution >= 0.6 is 0 Å². The standard InChI is InChI=1S/C15H18N4/c1-8-6-11-15(16-4-5-19(11)18-8)17-14-12-9-2-3-10(7-9)13(12)14/h4-6,9-10,12-14H,2-3,7H2,1H3,(H,16,17). The van der Waals surface area contributed by atoms with Crippen LogP contribution in [-0.4, -0.2) is 20.6 Å². The molecule has 2 heterocycles. The summed E-state index contributed by atoms with van der Waals surface area (Å²) in [6, 6.07) is 2.79. The summed E-state index contributed by atoms with van der Waals surface area (Å²) in [6.45, 7) is 2.03. The highest BCUT2D eigenvalue weighted by atomic mass is 15.2. The van der Waals surface area contributed by atoms with Crippen molar-refractivity contribution in [2.24, 2.45) is 23.7 Å². The van der Waals surface area contributed by atoms with Gasteiger partial charge < -0.3 is 5.32 Å². The molecule has 19 heavy (non-hydrogen) atoms. The summed E-state index contributed by atoms with van der Waals surface area (Å²) in [4.78, 5) is 4.53. The molecule has 0 spiro atoms. The lowest BCUT2D eigenvalue weighted by Crippen LogP contribution is -2.14. The molecule has 2 aromatic heterocycles. The van der Waals surface area contributed by atoms with Crippen molar-refractivity contribution in [3.63, 3.8) is 0 Å². The molecule has 5 rings (SSSR count). The highest BCUT2D eigenvalue weighted by Gasteiger charge is 2.65. The van der Waals surface area contributed by atoms with E-state index in [9.17, 15) is 0 Å². The molecule has 0 radical (unpaired) electrons. The van der Waals surface area contributed by atoms with Gasteiger partial charge in [0.05, 0.1) is 5.69 Å². The monoisotopic (exact) mass is 254 g/mol. The SMILES string of the molecule is Cc1cc2c(NC3C4C5CCC(C5)C34)nccn2n1. The Morgan fingerprint density at radius 2 is 2.05 bits per heavy atom. The number of hydrogen-bond donors (Lipinski definition) is 1. The Morgan fingerprint density at radius 1 is 1.26 bits per heavy atom. The van der Waals surface area contributed by atoms with Crippen LogP contribution in [0.3, 0.4) is 0 Å². The number of rotatable bonds is 2. The average molecular weight is 254 g/mol. The molecule has 0 aromatic carbocycles. The summed E-state index contributed by atoms with van der Waals surface area (Å²) >= 11 is 0. The van der Waals surface area contributed by atoms with E-state index in [-0.39, 0.29) is 0 Å². The molecule has 4 unspecified atom stereocenters. The van der Waals surface area contributed by atoms with Crippen LogP contribution in [0.1, 0.15) is 25.0 Å². The van der Waals surface area contributed by atoms with E-state index in [1.807, 2.05) is 23.8 Å². The Kier molecular flexibility index (Phi) is 1.78. The van der Waals surface area contributed by atoms with E-state index in [1.54, 1.807) is 0 Å². The van der Waals surface area contributed by atoms with Gasteiger partial charge in [0, 0.05) is 18.4 Å². The molecule has 3 saturated carbocycles. The molecule has 0 saturated heterocycles. The van der Waals surface area contributed by atoms with Gasteiger partial charge in [-0.3, -0.25) is 0 Å². The van der Waals surface area contributed by atoms with E-state index >= 15 is 0 Å². The fourth-order valence-electron chi connectivity index (χ4n) is 4.83. The molecule has 2 bridgehead atoms. The Balaban J connectivity index is 1.47. The smallest absolute Gasteiger partial charge is 0.152 e. The van der Waals surface area contributed by atoms with Gasteiger partial charge in [-0.15, -0.1) is 0 Å². The van der Waals surface area contributed by atoms with Crippen LogP contribution in [0.4, 0.5) is 5.82 Å². The van der Waals surface area contributed by atoms with Gasteiger partial charge in [-0.25, -0.2) is 9.50 Å². The third-order valence-corrected chi connectivity index (χ3v) is 5.55. The van der Waals surface area contributed by atoms with E-state index in [2.05, 4.69) is 21.5 Å². The molecular weight excluding hydrogens is 236 g/mol. The Bertz CT molecular complexity index is 645. The van der Waals surface area contributed by atoms with Crippen molar-refractivity contribution >= 4 is 11.3 Å². The number of aromatic nitrogens is 3. The quantitative estimate of drug-likeness (QED) is 0.895. The number of nitrogens with zero attached hydrogens (tertiary/aromatic N) is 3. The Morgan fingerprint density at radius 3 is 2.84 bits per heavy atom. The van der Waals surface area contributed by atoms with Gasteiger partial charge in [0.25, 0.3) is 0 Å². The minimum atomic E-state index is 0.681. The fraction of sp³-hybridized carbons (Fsp3) is 0.600. The van der Waals surface area contributed by atoms with Crippen molar-refractivity contribution in [1.82, 2.24) is 14.6 Å². The third kappa shape index (κ3) is 1.29. The van der Waals surface area contributed by atoms with E-state index in [4.69, 9.17) is 0 Å². The molecule has 98 valence electrons. The zero-order chi connectivity index (χ0) is 12.6. The van der Waals surface area contributed by atoms with Crippen LogP contribution in [0.5, 0.6) is 0 Å². The fourth-order valence-corrected chi connectivity index (χ4v) is 4.83. The lowest BCUT2D eigenvalue weighted by Gasteiger charge is -2.11. The van der Waals surface area contributed by atoms with Crippen molar-refractivity contribution in [3.8, 4) is 0 Å². The summed E-state index contributed by atoms with van der Waals surface area (Å²) in [6.07, 6.45) is 8.19. The van der Waals surface area contributed by atoms with Crippen LogP contribution in [0.25, 0.3) is 5.52 Å². The first-order valence-electron chi connectivity index (χ1n) is 7.39. The third-order valence-electron chi connectivity index (χ3n) is 5.55. The van der Waals surface area contributed by atoms with Gasteiger partial charge in [-0.05, 0) is 55.9 Å². The normalized spacial score (nSPS) is 38.7. The molecule has 4 atom stereocenters. The maximum absolute atomic E-state index is 4.53. The number of anilines is 1. The second kappa shape index (κ2) is 3.30. The highest BCUT2D eigenvalue weighted by Crippen LogP contribution is 2.66. The number of fused-ring (bicyclic) bond motifs is 6. The van der Waals surface area contributed by atoms with Crippen molar-refractivity contribution in [3.05, 3.63) is 24.2 Å². The average Bonchev–Trinajstić information content (AvgIpc) is 2.80. The summed E-state index contributed by atoms with van der Waals surface area (Å²) in [7, 11) is 0. The first kappa shape index (κ1) is 10.2. The Hall–Kier alpha value is -1.58. The molecule has 1 N–H and O–H groups in total. The maximum atomic E-state index is 4.53. The maximum Gasteiger partial charge on any atom is 0.152 e. The van der Waals surface area contributed by atoms with E-state index in [0.717, 1.165) is 40.7 Å². The molecule has 3 aliphatic rings. The van der Waals surface area contributed by atoms with Crippen LogP contribution in [-0.2, 0) is 0 Å². The van der Waals surface area contributed by atoms with Crippen LogP contribution in [0, 0.1) is 30.6 Å². The summed E-state index contributed by atoms with van der Waals surface area (Å²) < 4.78 is 1.93. The molecular formula is C15H18N4. The second-order valence-corrected chi connectivity index (χ2v) is 6.55. The van der Waals surface area contributed by atoms with Gasteiger partial charge in [-0.2, -0.15) is 5.10 Å². The first-order valence-corrected chi connectivity index (χ1v) is 7.39. The van der Waals surface area contributed by atoms with Crippen LogP contribution in [0.2, 0.25) is 0 Å². The minimum Gasteiger partial charge on any atom is -0.365 e. The van der Waals surface area contributed by atoms with Gasteiger partial charge in [0.2, 0.25) is 0 Å². The van der Waals surface area contributed by atoms with Crippen LogP contribution in [0.15, 0.2) is 18.5 Å². The molecule has 2 aromatic rings. The highest BCUT2D eigenvalue weighted by molar-refractivity contribution is 5.68. The molecule has 4 heteroatoms. The van der Waals surface area contributed by atoms with Gasteiger partial charge in [0.1, 0.15) is 5.52 Å². The number of nitrogens with one attached hydrogen (secondary N) is 1. The predicted octanol–water partition coefficient (Wildman–Crippen LogP) is 2.49. The van der Waals surface area contributed by atoms with Crippen molar-refractivity contribution in [1.29, 1.82) is 0 Å². The molecule has 0 aliphatic heterocycles. The lowest BCUT2D eigenvalue weighted by atomic mass is 10.0. The van der Waals surface area contributed by atoms with Crippen LogP contribution < -0.4 is 5.32 Å². The zero-order valence-electron chi connectivity index (χ0n) is 11.1. The zero-order valence-corrected chi connectivity index (χ0v) is 11.1. The van der Waals surface area contributed by atoms with Gasteiger partial charge in [0.15, 0.2) is 5.82 Å². The summed E-state index contributed by atoms with van der Waals surface area (Å²) in [5, 5.41) is 8.16. The number of hydrogen-bond acceptors (Lipinski definition) is 3. The first-order chi connectivity index (χ1) is 9.31. The van der Waals surface area contributed by atoms with Crippen molar-refractivity contribution in [2.45, 2.75) is 32.2 Å². The second-order valence-electron chi connectivity index (χ2n) is 6.55. The largest absolute Gasteiger partial charge is 0.365 e.